The first-order valence-electron chi connectivity index (χ1n) is 8.89. The molecule has 0 spiro atoms. The number of allylic oxidation sites excluding steroid dienone is 1. The molecule has 7 nitrogen and oxygen atoms in total. The van der Waals surface area contributed by atoms with E-state index in [1.807, 2.05) is 18.2 Å². The fraction of sp³-hybridized carbons (Fsp3) is 0.136. The molecule has 1 aliphatic heterocycles. The number of esters is 2. The van der Waals surface area contributed by atoms with Crippen molar-refractivity contribution < 1.29 is 28.6 Å². The van der Waals surface area contributed by atoms with Gasteiger partial charge >= 0.3 is 11.9 Å². The topological polar surface area (TPSA) is 90.9 Å². The molecule has 0 fully saturated rings. The van der Waals surface area contributed by atoms with Crippen LogP contribution in [0.3, 0.4) is 0 Å². The molecule has 0 amide bonds. The predicted molar refractivity (Wildman–Crippen MR) is 106 cm³/mol. The lowest BCUT2D eigenvalue weighted by molar-refractivity contribution is -0.139. The van der Waals surface area contributed by atoms with Gasteiger partial charge in [-0.3, -0.25) is 4.79 Å². The summed E-state index contributed by atoms with van der Waals surface area (Å²) in [5.41, 5.74) is 1.45. The molecule has 0 atom stereocenters. The van der Waals surface area contributed by atoms with Gasteiger partial charge in [-0.2, -0.15) is 0 Å². The predicted octanol–water partition coefficient (Wildman–Crippen LogP) is 3.30. The summed E-state index contributed by atoms with van der Waals surface area (Å²) in [6.45, 7) is 1.78. The van der Waals surface area contributed by atoms with Crippen molar-refractivity contribution in [3.63, 3.8) is 0 Å². The maximum Gasteiger partial charge on any atom is 0.347 e. The van der Waals surface area contributed by atoms with E-state index in [2.05, 4.69) is 10.1 Å². The fourth-order valence-corrected chi connectivity index (χ4v) is 2.64. The van der Waals surface area contributed by atoms with E-state index in [0.29, 0.717) is 16.8 Å². The van der Waals surface area contributed by atoms with Gasteiger partial charge in [-0.25, -0.2) is 9.59 Å². The van der Waals surface area contributed by atoms with Gasteiger partial charge in [0, 0.05) is 5.69 Å². The number of Topliss-reactive ketones (excluding diaryl/α,β-unsaturated/α-hetero) is 1. The molecule has 1 N–H and O–H groups in total. The number of para-hydroxylation sites is 1. The lowest BCUT2D eigenvalue weighted by Gasteiger charge is -2.08. The highest BCUT2D eigenvalue weighted by atomic mass is 16.5. The molecule has 0 unspecified atom stereocenters. The molecule has 3 rings (SSSR count). The third kappa shape index (κ3) is 4.52. The van der Waals surface area contributed by atoms with Gasteiger partial charge in [-0.1, -0.05) is 30.3 Å². The van der Waals surface area contributed by atoms with Gasteiger partial charge in [-0.15, -0.1) is 0 Å². The number of nitrogens with one attached hydrogen (secondary N) is 1. The van der Waals surface area contributed by atoms with Crippen molar-refractivity contribution in [2.24, 2.45) is 0 Å². The molecule has 0 aromatic heterocycles. The highest BCUT2D eigenvalue weighted by Gasteiger charge is 2.37. The summed E-state index contributed by atoms with van der Waals surface area (Å²) in [6, 6.07) is 15.4. The number of hydrogen-bond acceptors (Lipinski definition) is 7. The third-order valence-corrected chi connectivity index (χ3v) is 4.03. The van der Waals surface area contributed by atoms with Crippen LogP contribution in [0.4, 0.5) is 5.69 Å². The minimum Gasteiger partial charge on any atom is -0.465 e. The Bertz CT molecular complexity index is 990. The number of ketones is 1. The second kappa shape index (κ2) is 8.88. The second-order valence-electron chi connectivity index (χ2n) is 5.97. The normalized spacial score (nSPS) is 14.6. The molecule has 0 saturated heterocycles. The van der Waals surface area contributed by atoms with Gasteiger partial charge < -0.3 is 19.5 Å². The monoisotopic (exact) mass is 393 g/mol. The van der Waals surface area contributed by atoms with E-state index < -0.39 is 17.7 Å². The molecule has 0 saturated carbocycles. The summed E-state index contributed by atoms with van der Waals surface area (Å²) in [6.07, 6.45) is 1.49. The largest absolute Gasteiger partial charge is 0.465 e. The Hall–Kier alpha value is -3.87. The Labute approximate surface area is 167 Å². The van der Waals surface area contributed by atoms with Gasteiger partial charge in [-0.05, 0) is 42.8 Å². The summed E-state index contributed by atoms with van der Waals surface area (Å²) in [4.78, 5) is 36.6. The first-order chi connectivity index (χ1) is 14.0. The van der Waals surface area contributed by atoms with Gasteiger partial charge in [0.05, 0.1) is 19.3 Å². The zero-order chi connectivity index (χ0) is 20.8. The maximum absolute atomic E-state index is 12.8. The van der Waals surface area contributed by atoms with Crippen molar-refractivity contribution in [2.75, 3.05) is 19.0 Å². The molecule has 2 aromatic rings. The molecule has 29 heavy (non-hydrogen) atoms. The smallest absolute Gasteiger partial charge is 0.347 e. The third-order valence-electron chi connectivity index (χ3n) is 4.03. The number of methoxy groups -OCH3 is 1. The molecule has 7 heteroatoms. The number of rotatable bonds is 6. The van der Waals surface area contributed by atoms with Crippen LogP contribution < -0.4 is 5.32 Å². The molecule has 0 bridgehead atoms. The first kappa shape index (κ1) is 19.9. The molecule has 0 aliphatic carbocycles. The quantitative estimate of drug-likeness (QED) is 0.457. The lowest BCUT2D eigenvalue weighted by atomic mass is 10.1. The van der Waals surface area contributed by atoms with Crippen molar-refractivity contribution in [2.45, 2.75) is 6.92 Å². The minimum atomic E-state index is -0.764. The number of anilines is 1. The number of benzene rings is 2. The van der Waals surface area contributed by atoms with Gasteiger partial charge in [0.1, 0.15) is 0 Å². The van der Waals surface area contributed by atoms with Crippen LogP contribution in [-0.4, -0.2) is 31.4 Å². The standard InChI is InChI=1S/C22H19NO6/c1-3-28-22(26)18-19(24)17(29-20(18)23-16-7-5-4-6-8-16)13-14-9-11-15(12-10-14)21(25)27-2/h4-13,23H,3H2,1-2H3/b17-13-. The SMILES string of the molecule is CCOC(=O)C1=C(Nc2ccccc2)O/C(=C\c2ccc(C(=O)OC)cc2)C1=O. The van der Waals surface area contributed by atoms with Crippen LogP contribution in [0.2, 0.25) is 0 Å². The minimum absolute atomic E-state index is 0.0112. The van der Waals surface area contributed by atoms with E-state index in [1.54, 1.807) is 43.3 Å². The van der Waals surface area contributed by atoms with Crippen molar-refractivity contribution in [3.8, 4) is 0 Å². The summed E-state index contributed by atoms with van der Waals surface area (Å²) >= 11 is 0. The number of carbonyl (C=O) groups excluding carboxylic acids is 3. The van der Waals surface area contributed by atoms with Crippen molar-refractivity contribution in [1.82, 2.24) is 0 Å². The molecular formula is C22H19NO6. The Morgan fingerprint density at radius 1 is 1.03 bits per heavy atom. The van der Waals surface area contributed by atoms with Crippen LogP contribution in [0.25, 0.3) is 6.08 Å². The molecule has 0 radical (unpaired) electrons. The van der Waals surface area contributed by atoms with Crippen molar-refractivity contribution in [1.29, 1.82) is 0 Å². The summed E-state index contributed by atoms with van der Waals surface area (Å²) in [7, 11) is 1.30. The molecule has 2 aromatic carbocycles. The van der Waals surface area contributed by atoms with E-state index in [-0.39, 0.29) is 23.8 Å². The summed E-state index contributed by atoms with van der Waals surface area (Å²) in [5, 5.41) is 2.94. The van der Waals surface area contributed by atoms with E-state index in [0.717, 1.165) is 0 Å². The van der Waals surface area contributed by atoms with E-state index in [9.17, 15) is 14.4 Å². The highest BCUT2D eigenvalue weighted by molar-refractivity contribution is 6.26. The van der Waals surface area contributed by atoms with Crippen LogP contribution in [0.5, 0.6) is 0 Å². The van der Waals surface area contributed by atoms with Crippen molar-refractivity contribution >= 4 is 29.5 Å². The highest BCUT2D eigenvalue weighted by Crippen LogP contribution is 2.28. The van der Waals surface area contributed by atoms with Crippen LogP contribution in [0.1, 0.15) is 22.8 Å². The Balaban J connectivity index is 1.89. The van der Waals surface area contributed by atoms with E-state index in [1.165, 1.54) is 13.2 Å². The Morgan fingerprint density at radius 3 is 2.34 bits per heavy atom. The number of hydrogen-bond donors (Lipinski definition) is 1. The zero-order valence-electron chi connectivity index (χ0n) is 15.9. The van der Waals surface area contributed by atoms with E-state index in [4.69, 9.17) is 9.47 Å². The Kier molecular flexibility index (Phi) is 6.09. The average molecular weight is 393 g/mol. The maximum atomic E-state index is 12.8. The number of carbonyl (C=O) groups is 3. The molecular weight excluding hydrogens is 374 g/mol. The lowest BCUT2D eigenvalue weighted by Crippen LogP contribution is -2.16. The molecule has 148 valence electrons. The second-order valence-corrected chi connectivity index (χ2v) is 5.97. The summed E-state index contributed by atoms with van der Waals surface area (Å²) < 4.78 is 15.3. The Morgan fingerprint density at radius 2 is 1.72 bits per heavy atom. The molecule has 1 heterocycles. The van der Waals surface area contributed by atoms with E-state index >= 15 is 0 Å². The van der Waals surface area contributed by atoms with Gasteiger partial charge in [0.25, 0.3) is 0 Å². The average Bonchev–Trinajstić information content (AvgIpc) is 3.03. The first-order valence-corrected chi connectivity index (χ1v) is 8.89. The van der Waals surface area contributed by atoms with Crippen LogP contribution in [0, 0.1) is 0 Å². The van der Waals surface area contributed by atoms with Gasteiger partial charge in [0.15, 0.2) is 11.3 Å². The molecule has 1 aliphatic rings. The van der Waals surface area contributed by atoms with Crippen LogP contribution in [0.15, 0.2) is 71.8 Å². The van der Waals surface area contributed by atoms with Crippen molar-refractivity contribution in [3.05, 3.63) is 82.9 Å². The van der Waals surface area contributed by atoms with Crippen LogP contribution >= 0.6 is 0 Å². The van der Waals surface area contributed by atoms with Gasteiger partial charge in [0.2, 0.25) is 11.7 Å². The number of ether oxygens (including phenoxy) is 3. The summed E-state index contributed by atoms with van der Waals surface area (Å²) in [5.74, 6) is -1.83. The fourth-order valence-electron chi connectivity index (χ4n) is 2.64. The zero-order valence-corrected chi connectivity index (χ0v) is 15.9. The van der Waals surface area contributed by atoms with Crippen LogP contribution in [-0.2, 0) is 23.8 Å².